The van der Waals surface area contributed by atoms with Crippen LogP contribution in [0.5, 0.6) is 0 Å². The van der Waals surface area contributed by atoms with Gasteiger partial charge in [0.2, 0.25) is 6.10 Å². The SMILES string of the molecule is CC(=O)O[C@@H]1C2=C(C)C(OC(=O)[C@H](OC(=O)CNC(=O)OCc3ccccc3)[C@@H](NC(=O)OC(C)(C)C)c3ccccc3)C[C@@](O)([C@@H](OC(=O)c3ccccc3)[C@@H]3[C@]4(OC(C)=O)CO[C@@H]4C[C@@H]4C[C@@]43C1O)C2(C)C. The van der Waals surface area contributed by atoms with Crippen LogP contribution in [0.15, 0.2) is 102 Å². The molecule has 8 rings (SSSR count). The zero-order valence-corrected chi connectivity index (χ0v) is 42.6. The van der Waals surface area contributed by atoms with Gasteiger partial charge in [-0.05, 0) is 80.9 Å². The average Bonchev–Trinajstić information content (AvgIpc) is 4.07. The Kier molecular flexibility index (Phi) is 14.8. The summed E-state index contributed by atoms with van der Waals surface area (Å²) in [6.45, 7) is 11.0. The fourth-order valence-corrected chi connectivity index (χ4v) is 11.9. The number of ether oxygens (including phenoxy) is 8. The zero-order valence-electron chi connectivity index (χ0n) is 42.6. The van der Waals surface area contributed by atoms with Crippen LogP contribution in [0.25, 0.3) is 0 Å². The van der Waals surface area contributed by atoms with Gasteiger partial charge in [0.25, 0.3) is 0 Å². The van der Waals surface area contributed by atoms with Crippen LogP contribution in [0.4, 0.5) is 9.59 Å². The average molecular weight is 1030 g/mol. The molecule has 396 valence electrons. The minimum absolute atomic E-state index is 0.116. The zero-order chi connectivity index (χ0) is 53.5. The van der Waals surface area contributed by atoms with Crippen molar-refractivity contribution in [3.63, 3.8) is 0 Å². The maximum Gasteiger partial charge on any atom is 0.408 e. The number of fused-ring (bicyclic) bond motifs is 4. The van der Waals surface area contributed by atoms with Crippen molar-refractivity contribution < 1.29 is 81.7 Å². The van der Waals surface area contributed by atoms with Crippen molar-refractivity contribution in [1.82, 2.24) is 10.6 Å². The van der Waals surface area contributed by atoms with Gasteiger partial charge in [-0.1, -0.05) is 92.7 Å². The highest BCUT2D eigenvalue weighted by molar-refractivity contribution is 5.89. The fraction of sp³-hybridized carbons (Fsp3) is 0.509. The minimum Gasteiger partial charge on any atom is -0.455 e. The Balaban J connectivity index is 1.22. The molecule has 1 heterocycles. The summed E-state index contributed by atoms with van der Waals surface area (Å²) in [6, 6.07) is 23.3. The highest BCUT2D eigenvalue weighted by Gasteiger charge is 2.84. The summed E-state index contributed by atoms with van der Waals surface area (Å²) < 4.78 is 48.1. The monoisotopic (exact) mass is 1020 g/mol. The molecule has 19 nitrogen and oxygen atoms in total. The lowest BCUT2D eigenvalue weighted by molar-refractivity contribution is -0.335. The van der Waals surface area contributed by atoms with Crippen LogP contribution in [-0.2, 0) is 63.7 Å². The maximum absolute atomic E-state index is 15.2. The number of aliphatic hydroxyl groups excluding tert-OH is 1. The quantitative estimate of drug-likeness (QED) is 0.0853. The second-order valence-corrected chi connectivity index (χ2v) is 21.4. The van der Waals surface area contributed by atoms with Gasteiger partial charge in [-0.25, -0.2) is 19.2 Å². The van der Waals surface area contributed by atoms with Crippen molar-refractivity contribution >= 4 is 42.0 Å². The molecule has 5 aliphatic rings. The van der Waals surface area contributed by atoms with Gasteiger partial charge >= 0.3 is 42.0 Å². The van der Waals surface area contributed by atoms with Crippen LogP contribution in [0, 0.1) is 22.7 Å². The van der Waals surface area contributed by atoms with E-state index in [-0.39, 0.29) is 47.8 Å². The lowest BCUT2D eigenvalue weighted by Gasteiger charge is -2.65. The van der Waals surface area contributed by atoms with E-state index in [1.165, 1.54) is 26.0 Å². The molecule has 0 aromatic heterocycles. The molecule has 3 aromatic rings. The van der Waals surface area contributed by atoms with Crippen molar-refractivity contribution in [2.45, 2.75) is 141 Å². The van der Waals surface area contributed by atoms with Crippen LogP contribution in [-0.4, -0.2) is 119 Å². The van der Waals surface area contributed by atoms with Gasteiger partial charge in [0, 0.05) is 31.1 Å². The van der Waals surface area contributed by atoms with E-state index >= 15 is 4.79 Å². The Morgan fingerprint density at radius 1 is 0.824 bits per heavy atom. The number of rotatable bonds is 14. The van der Waals surface area contributed by atoms with Crippen LogP contribution in [0.3, 0.4) is 0 Å². The topological polar surface area (TPSA) is 258 Å². The Morgan fingerprint density at radius 2 is 1.46 bits per heavy atom. The van der Waals surface area contributed by atoms with Crippen molar-refractivity contribution in [3.8, 4) is 0 Å². The molecular weight excluding hydrogens is 961 g/mol. The smallest absolute Gasteiger partial charge is 0.408 e. The van der Waals surface area contributed by atoms with E-state index in [2.05, 4.69) is 10.6 Å². The summed E-state index contributed by atoms with van der Waals surface area (Å²) in [4.78, 5) is 96.4. The van der Waals surface area contributed by atoms with Crippen LogP contribution in [0.1, 0.15) is 102 Å². The predicted molar refractivity (Wildman–Crippen MR) is 259 cm³/mol. The number of hydrogen-bond donors (Lipinski definition) is 4. The summed E-state index contributed by atoms with van der Waals surface area (Å²) in [6.07, 6.45) is -10.9. The lowest BCUT2D eigenvalue weighted by atomic mass is 9.48. The Labute approximate surface area is 428 Å². The molecule has 12 atom stereocenters. The predicted octanol–water partition coefficient (Wildman–Crippen LogP) is 5.74. The first-order valence-electron chi connectivity index (χ1n) is 24.7. The third-order valence-corrected chi connectivity index (χ3v) is 15.3. The van der Waals surface area contributed by atoms with E-state index in [1.54, 1.807) is 120 Å². The van der Waals surface area contributed by atoms with Crippen LogP contribution >= 0.6 is 0 Å². The third kappa shape index (κ3) is 10.2. The standard InChI is InChI=1S/C55H64N2O17/c1-30-37(70-48(63)43(41(34-20-14-10-15-21-34)57-50(65)74-51(4,5)6)71-39(60)27-56-49(64)67-28-33-18-12-9-13-19-33)26-55(66)46(72-47(62)35-22-16-11-17-23-35)44-53(45(61)42(69-31(2)58)40(30)52(55,7)8)25-36(53)24-38-54(44,29-68-38)73-32(3)59/h9-23,36-38,41-46,61,66H,24-29H2,1-8H3,(H,56,64)(H,57,65)/t36-,37?,38-,41+,42-,43-,44+,45?,46+,53-,54+,55-/m1/s1. The number of carbonyl (C=O) groups excluding carboxylic acids is 7. The number of aliphatic hydroxyl groups is 2. The van der Waals surface area contributed by atoms with Gasteiger partial charge in [-0.3, -0.25) is 14.4 Å². The second-order valence-electron chi connectivity index (χ2n) is 21.4. The Morgan fingerprint density at radius 3 is 2.05 bits per heavy atom. The van der Waals surface area contributed by atoms with Gasteiger partial charge in [-0.2, -0.15) is 0 Å². The molecule has 74 heavy (non-hydrogen) atoms. The van der Waals surface area contributed by atoms with Crippen molar-refractivity contribution in [3.05, 3.63) is 119 Å². The summed E-state index contributed by atoms with van der Waals surface area (Å²) in [5.74, 6) is -6.29. The molecule has 1 aliphatic heterocycles. The van der Waals surface area contributed by atoms with E-state index < -0.39 is 131 Å². The van der Waals surface area contributed by atoms with Crippen molar-refractivity contribution in [2.75, 3.05) is 13.2 Å². The number of amides is 2. The highest BCUT2D eigenvalue weighted by atomic mass is 16.6. The highest BCUT2D eigenvalue weighted by Crippen LogP contribution is 2.76. The molecule has 2 bridgehead atoms. The maximum atomic E-state index is 15.2. The normalized spacial score (nSPS) is 29.9. The summed E-state index contributed by atoms with van der Waals surface area (Å²) in [5.41, 5.74) is -6.36. The second kappa shape index (κ2) is 20.5. The first-order valence-corrected chi connectivity index (χ1v) is 24.7. The molecule has 3 saturated carbocycles. The molecular formula is C55H64N2O17. The van der Waals surface area contributed by atoms with E-state index in [4.69, 9.17) is 37.9 Å². The molecule has 1 spiro atoms. The number of nitrogens with one attached hydrogen (secondary N) is 2. The molecule has 19 heteroatoms. The molecule has 1 saturated heterocycles. The van der Waals surface area contributed by atoms with E-state index in [1.807, 2.05) is 0 Å². The first-order chi connectivity index (χ1) is 34.9. The van der Waals surface area contributed by atoms with E-state index in [0.717, 1.165) is 0 Å². The Hall–Kier alpha value is -6.83. The molecule has 2 unspecified atom stereocenters. The summed E-state index contributed by atoms with van der Waals surface area (Å²) in [5, 5.41) is 32.0. The number of esters is 5. The molecule has 0 radical (unpaired) electrons. The summed E-state index contributed by atoms with van der Waals surface area (Å²) >= 11 is 0. The Bertz CT molecular complexity index is 2670. The number of carbonyl (C=O) groups is 7. The molecule has 2 amide bonds. The lowest BCUT2D eigenvalue weighted by Crippen LogP contribution is -2.78. The minimum atomic E-state index is -2.32. The van der Waals surface area contributed by atoms with Gasteiger partial charge in [0.1, 0.15) is 54.8 Å². The van der Waals surface area contributed by atoms with Crippen molar-refractivity contribution in [1.29, 1.82) is 0 Å². The first kappa shape index (κ1) is 53.5. The molecule has 3 aromatic carbocycles. The van der Waals surface area contributed by atoms with Gasteiger partial charge < -0.3 is 58.7 Å². The fourth-order valence-electron chi connectivity index (χ4n) is 11.9. The largest absolute Gasteiger partial charge is 0.455 e. The van der Waals surface area contributed by atoms with E-state index in [9.17, 15) is 39.0 Å². The third-order valence-electron chi connectivity index (χ3n) is 15.3. The van der Waals surface area contributed by atoms with Crippen molar-refractivity contribution in [2.24, 2.45) is 22.7 Å². The van der Waals surface area contributed by atoms with Crippen LogP contribution in [0.2, 0.25) is 0 Å². The number of benzene rings is 3. The van der Waals surface area contributed by atoms with Gasteiger partial charge in [-0.15, -0.1) is 0 Å². The number of alkyl carbamates (subject to hydrolysis) is 2. The summed E-state index contributed by atoms with van der Waals surface area (Å²) in [7, 11) is 0. The molecule has 4 fully saturated rings. The van der Waals surface area contributed by atoms with Gasteiger partial charge in [0.05, 0.1) is 18.1 Å². The number of hydrogen-bond acceptors (Lipinski definition) is 17. The molecule has 4 aliphatic carbocycles. The van der Waals surface area contributed by atoms with E-state index in [0.29, 0.717) is 12.0 Å². The van der Waals surface area contributed by atoms with Crippen LogP contribution < -0.4 is 10.6 Å². The molecule has 4 N–H and O–H groups in total. The van der Waals surface area contributed by atoms with Gasteiger partial charge in [0.15, 0.2) is 11.7 Å².